The first kappa shape index (κ1) is 24.7. The monoisotopic (exact) mass is 504 g/mol. The first-order valence-corrected chi connectivity index (χ1v) is 12.6. The van der Waals surface area contributed by atoms with Crippen molar-refractivity contribution in [2.75, 3.05) is 23.4 Å². The van der Waals surface area contributed by atoms with Gasteiger partial charge in [-0.25, -0.2) is 9.59 Å². The summed E-state index contributed by atoms with van der Waals surface area (Å²) in [4.78, 5) is 63.7. The van der Waals surface area contributed by atoms with Gasteiger partial charge in [-0.3, -0.25) is 19.3 Å². The molecular formula is C28H28N2O7. The first-order chi connectivity index (χ1) is 17.9. The van der Waals surface area contributed by atoms with E-state index in [1.807, 2.05) is 6.92 Å². The minimum atomic E-state index is -0.704. The second-order valence-electron chi connectivity index (χ2n) is 9.78. The van der Waals surface area contributed by atoms with E-state index in [1.54, 1.807) is 24.3 Å². The Morgan fingerprint density at radius 1 is 0.838 bits per heavy atom. The van der Waals surface area contributed by atoms with Gasteiger partial charge in [0, 0.05) is 5.69 Å². The van der Waals surface area contributed by atoms with Crippen molar-refractivity contribution in [1.82, 2.24) is 0 Å². The number of amides is 3. The summed E-state index contributed by atoms with van der Waals surface area (Å²) in [5.74, 6) is -1.77. The number of hydrogen-bond donors (Lipinski definition) is 1. The number of carbonyl (C=O) groups excluding carboxylic acids is 5. The van der Waals surface area contributed by atoms with Crippen LogP contribution in [0.2, 0.25) is 0 Å². The smallest absolute Gasteiger partial charge is 0.338 e. The summed E-state index contributed by atoms with van der Waals surface area (Å²) in [5, 5.41) is 2.60. The molecule has 2 aromatic rings. The van der Waals surface area contributed by atoms with E-state index in [0.29, 0.717) is 35.4 Å². The summed E-state index contributed by atoms with van der Waals surface area (Å²) in [6.45, 7) is 1.73. The third-order valence-electron chi connectivity index (χ3n) is 7.46. The van der Waals surface area contributed by atoms with Gasteiger partial charge in [0.2, 0.25) is 11.8 Å². The zero-order valence-corrected chi connectivity index (χ0v) is 20.5. The minimum absolute atomic E-state index is 0.139. The summed E-state index contributed by atoms with van der Waals surface area (Å²) in [6, 6.07) is 12.3. The zero-order valence-electron chi connectivity index (χ0n) is 20.5. The van der Waals surface area contributed by atoms with Crippen LogP contribution in [0.1, 0.15) is 53.3 Å². The first-order valence-electron chi connectivity index (χ1n) is 12.6. The van der Waals surface area contributed by atoms with Crippen molar-refractivity contribution in [3.8, 4) is 0 Å². The summed E-state index contributed by atoms with van der Waals surface area (Å²) >= 11 is 0. The molecule has 192 valence electrons. The van der Waals surface area contributed by atoms with Crippen LogP contribution in [0.25, 0.3) is 0 Å². The molecule has 0 aromatic heterocycles. The Bertz CT molecular complexity index is 1210. The van der Waals surface area contributed by atoms with E-state index in [1.165, 1.54) is 29.2 Å². The van der Waals surface area contributed by atoms with E-state index in [9.17, 15) is 24.0 Å². The third kappa shape index (κ3) is 4.73. The maximum Gasteiger partial charge on any atom is 0.338 e. The van der Waals surface area contributed by atoms with Crippen molar-refractivity contribution >= 4 is 41.0 Å². The molecule has 3 aliphatic rings. The van der Waals surface area contributed by atoms with Crippen molar-refractivity contribution in [3.63, 3.8) is 0 Å². The topological polar surface area (TPSA) is 119 Å². The second-order valence-corrected chi connectivity index (χ2v) is 9.78. The Hall–Kier alpha value is -4.01. The molecule has 9 nitrogen and oxygen atoms in total. The zero-order chi connectivity index (χ0) is 26.1. The maximum absolute atomic E-state index is 13.0. The van der Waals surface area contributed by atoms with Gasteiger partial charge in [-0.2, -0.15) is 0 Å². The van der Waals surface area contributed by atoms with E-state index in [2.05, 4.69) is 5.32 Å². The molecule has 2 saturated carbocycles. The molecule has 9 heteroatoms. The number of esters is 2. The van der Waals surface area contributed by atoms with Crippen LogP contribution in [0.3, 0.4) is 0 Å². The lowest BCUT2D eigenvalue weighted by atomic mass is 9.81. The predicted molar refractivity (Wildman–Crippen MR) is 133 cm³/mol. The van der Waals surface area contributed by atoms with Crippen molar-refractivity contribution < 1.29 is 33.4 Å². The maximum atomic E-state index is 13.0. The van der Waals surface area contributed by atoms with Gasteiger partial charge in [0.15, 0.2) is 6.61 Å². The molecule has 3 amide bonds. The average Bonchev–Trinajstić information content (AvgIpc) is 3.60. The van der Waals surface area contributed by atoms with Crippen molar-refractivity contribution in [3.05, 3.63) is 59.7 Å². The molecule has 0 radical (unpaired) electrons. The molecule has 1 saturated heterocycles. The molecule has 5 rings (SSSR count). The highest BCUT2D eigenvalue weighted by molar-refractivity contribution is 6.22. The van der Waals surface area contributed by atoms with E-state index < -0.39 is 24.5 Å². The third-order valence-corrected chi connectivity index (χ3v) is 7.46. The van der Waals surface area contributed by atoms with Crippen LogP contribution in [-0.2, 0) is 23.9 Å². The normalized spacial score (nSPS) is 23.6. The quantitative estimate of drug-likeness (QED) is 0.431. The summed E-state index contributed by atoms with van der Waals surface area (Å²) in [7, 11) is 0. The summed E-state index contributed by atoms with van der Waals surface area (Å²) in [5.41, 5.74) is 1.45. The minimum Gasteiger partial charge on any atom is -0.462 e. The van der Waals surface area contributed by atoms with Gasteiger partial charge < -0.3 is 14.8 Å². The largest absolute Gasteiger partial charge is 0.462 e. The number of imide groups is 1. The summed E-state index contributed by atoms with van der Waals surface area (Å²) in [6.07, 6.45) is 3.71. The Balaban J connectivity index is 1.13. The number of carbonyl (C=O) groups is 5. The van der Waals surface area contributed by atoms with Crippen molar-refractivity contribution in [2.45, 2.75) is 32.6 Å². The highest BCUT2D eigenvalue weighted by Crippen LogP contribution is 2.56. The van der Waals surface area contributed by atoms with E-state index in [4.69, 9.17) is 9.47 Å². The molecule has 0 unspecified atom stereocenters. The number of nitrogens with one attached hydrogen (secondary N) is 1. The fourth-order valence-corrected chi connectivity index (χ4v) is 5.79. The SMILES string of the molecule is CCCOC(=O)c1ccc(NC(=O)COC(=O)c2ccc(N3C(=O)[C@@H]4[C@H]5CC[C@@H](C5)[C@@H]4C3=O)cc2)cc1. The Kier molecular flexibility index (Phi) is 6.78. The predicted octanol–water partition coefficient (Wildman–Crippen LogP) is 3.58. The van der Waals surface area contributed by atoms with Gasteiger partial charge in [0.1, 0.15) is 0 Å². The van der Waals surface area contributed by atoms with Crippen LogP contribution in [0.4, 0.5) is 11.4 Å². The Morgan fingerprint density at radius 2 is 1.38 bits per heavy atom. The summed E-state index contributed by atoms with van der Waals surface area (Å²) < 4.78 is 10.2. The van der Waals surface area contributed by atoms with Crippen LogP contribution < -0.4 is 10.2 Å². The van der Waals surface area contributed by atoms with E-state index in [-0.39, 0.29) is 29.2 Å². The number of benzene rings is 2. The molecule has 37 heavy (non-hydrogen) atoms. The molecule has 3 fully saturated rings. The Morgan fingerprint density at radius 3 is 1.95 bits per heavy atom. The van der Waals surface area contributed by atoms with Gasteiger partial charge in [-0.1, -0.05) is 6.92 Å². The fraction of sp³-hybridized carbons (Fsp3) is 0.393. The number of rotatable bonds is 8. The van der Waals surface area contributed by atoms with Crippen LogP contribution in [0.15, 0.2) is 48.5 Å². The van der Waals surface area contributed by atoms with Crippen LogP contribution in [0, 0.1) is 23.7 Å². The molecule has 1 aliphatic heterocycles. The highest BCUT2D eigenvalue weighted by atomic mass is 16.5. The molecule has 1 N–H and O–H groups in total. The van der Waals surface area contributed by atoms with Crippen molar-refractivity contribution in [2.24, 2.45) is 23.7 Å². The van der Waals surface area contributed by atoms with Crippen LogP contribution in [0.5, 0.6) is 0 Å². The molecule has 2 bridgehead atoms. The lowest BCUT2D eigenvalue weighted by Crippen LogP contribution is -2.32. The number of ether oxygens (including phenoxy) is 2. The number of anilines is 2. The number of nitrogens with zero attached hydrogens (tertiary/aromatic N) is 1. The van der Waals surface area contributed by atoms with Gasteiger partial charge in [-0.15, -0.1) is 0 Å². The standard InChI is InChI=1S/C28H28N2O7/c1-2-13-36-27(34)16-5-9-20(10-6-16)29-22(31)15-37-28(35)17-7-11-21(12-8-17)30-25(32)23-18-3-4-19(14-18)24(23)26(30)33/h5-12,18-19,23-24H,2-4,13-15H2,1H3,(H,29,31)/t18-,19-,23-,24+/m0/s1. The highest BCUT2D eigenvalue weighted by Gasteiger charge is 2.61. The fourth-order valence-electron chi connectivity index (χ4n) is 5.79. The second kappa shape index (κ2) is 10.2. The molecule has 1 heterocycles. The van der Waals surface area contributed by atoms with Gasteiger partial charge in [0.05, 0.1) is 35.3 Å². The molecule has 2 aliphatic carbocycles. The number of hydrogen-bond acceptors (Lipinski definition) is 7. The van der Waals surface area contributed by atoms with Gasteiger partial charge in [0.25, 0.3) is 5.91 Å². The van der Waals surface area contributed by atoms with Gasteiger partial charge >= 0.3 is 11.9 Å². The van der Waals surface area contributed by atoms with Crippen LogP contribution in [-0.4, -0.2) is 42.9 Å². The number of fused-ring (bicyclic) bond motifs is 5. The van der Waals surface area contributed by atoms with Gasteiger partial charge in [-0.05, 0) is 86.1 Å². The van der Waals surface area contributed by atoms with Crippen LogP contribution >= 0.6 is 0 Å². The van der Waals surface area contributed by atoms with E-state index in [0.717, 1.165) is 25.7 Å². The Labute approximate surface area is 214 Å². The van der Waals surface area contributed by atoms with E-state index >= 15 is 0 Å². The molecule has 0 spiro atoms. The molecule has 2 aromatic carbocycles. The molecular weight excluding hydrogens is 476 g/mol. The average molecular weight is 505 g/mol. The molecule has 4 atom stereocenters. The lowest BCUT2D eigenvalue weighted by Gasteiger charge is -2.19. The lowest BCUT2D eigenvalue weighted by molar-refractivity contribution is -0.123. The van der Waals surface area contributed by atoms with Crippen molar-refractivity contribution in [1.29, 1.82) is 0 Å².